The summed E-state index contributed by atoms with van der Waals surface area (Å²) in [5.41, 5.74) is 1.33. The first kappa shape index (κ1) is 18.1. The van der Waals surface area contributed by atoms with E-state index in [4.69, 9.17) is 4.74 Å². The zero-order chi connectivity index (χ0) is 18.6. The molecule has 0 aliphatic carbocycles. The molecule has 2 aromatic rings. The van der Waals surface area contributed by atoms with E-state index in [0.29, 0.717) is 0 Å². The molecule has 1 heterocycles. The van der Waals surface area contributed by atoms with E-state index in [0.717, 1.165) is 11.6 Å². The number of carbonyl (C=O) groups excluding carboxylic acids is 1. The number of rotatable bonds is 4. The zero-order valence-electron chi connectivity index (χ0n) is 14.1. The lowest BCUT2D eigenvalue weighted by Crippen LogP contribution is -2.39. The van der Waals surface area contributed by atoms with Gasteiger partial charge in [-0.1, -0.05) is 30.3 Å². The fraction of sp³-hybridized carbons (Fsp3) is 0.316. The fourth-order valence-electron chi connectivity index (χ4n) is 2.79. The van der Waals surface area contributed by atoms with Gasteiger partial charge >= 0.3 is 6.09 Å². The van der Waals surface area contributed by atoms with Crippen molar-refractivity contribution in [3.05, 3.63) is 59.9 Å². The van der Waals surface area contributed by atoms with Gasteiger partial charge in [-0.3, -0.25) is 5.32 Å². The number of piperidine rings is 1. The minimum atomic E-state index is -2.68. The summed E-state index contributed by atoms with van der Waals surface area (Å²) >= 11 is 0. The predicted octanol–water partition coefficient (Wildman–Crippen LogP) is 4.81. The van der Waals surface area contributed by atoms with Crippen LogP contribution in [0.15, 0.2) is 48.5 Å². The van der Waals surface area contributed by atoms with Crippen LogP contribution in [0.4, 0.5) is 29.3 Å². The van der Waals surface area contributed by atoms with Gasteiger partial charge in [-0.2, -0.15) is 0 Å². The van der Waals surface area contributed by atoms with Crippen LogP contribution in [0.1, 0.15) is 18.4 Å². The normalized spacial score (nSPS) is 16.2. The maximum atomic E-state index is 14.3. The Morgan fingerprint density at radius 1 is 1.12 bits per heavy atom. The van der Waals surface area contributed by atoms with Crippen LogP contribution in [0, 0.1) is 5.82 Å². The molecule has 26 heavy (non-hydrogen) atoms. The van der Waals surface area contributed by atoms with Crippen molar-refractivity contribution in [3.63, 3.8) is 0 Å². The van der Waals surface area contributed by atoms with Gasteiger partial charge in [0.15, 0.2) is 0 Å². The number of nitrogens with zero attached hydrogens (tertiary/aromatic N) is 1. The van der Waals surface area contributed by atoms with E-state index in [9.17, 15) is 18.0 Å². The molecule has 0 unspecified atom stereocenters. The largest absolute Gasteiger partial charge is 0.444 e. The molecule has 0 atom stereocenters. The number of carbonyl (C=O) groups is 1. The summed E-state index contributed by atoms with van der Waals surface area (Å²) in [4.78, 5) is 13.4. The minimum absolute atomic E-state index is 0.0931. The van der Waals surface area contributed by atoms with Crippen molar-refractivity contribution in [2.75, 3.05) is 23.3 Å². The van der Waals surface area contributed by atoms with Crippen molar-refractivity contribution >= 4 is 17.5 Å². The third-order valence-corrected chi connectivity index (χ3v) is 4.24. The summed E-state index contributed by atoms with van der Waals surface area (Å²) in [5, 5.41) is 2.46. The molecule has 0 bridgehead atoms. The van der Waals surface area contributed by atoms with Crippen LogP contribution in [-0.2, 0) is 11.3 Å². The van der Waals surface area contributed by atoms with Crippen molar-refractivity contribution in [1.82, 2.24) is 0 Å². The highest BCUT2D eigenvalue weighted by Gasteiger charge is 2.34. The Hall–Kier alpha value is -2.70. The van der Waals surface area contributed by atoms with Gasteiger partial charge < -0.3 is 9.64 Å². The molecule has 0 radical (unpaired) electrons. The van der Waals surface area contributed by atoms with Crippen LogP contribution in [-0.4, -0.2) is 25.1 Å². The summed E-state index contributed by atoms with van der Waals surface area (Å²) in [6.07, 6.45) is -1.28. The maximum absolute atomic E-state index is 14.3. The summed E-state index contributed by atoms with van der Waals surface area (Å²) in [6.45, 7) is 0.293. The van der Waals surface area contributed by atoms with E-state index in [2.05, 4.69) is 5.32 Å². The SMILES string of the molecule is O=C(Nc1ccc(N2CCC(F)(F)CC2)c(F)c1)OCc1ccccc1. The fourth-order valence-corrected chi connectivity index (χ4v) is 2.79. The molecule has 1 N–H and O–H groups in total. The molecule has 1 amide bonds. The van der Waals surface area contributed by atoms with Gasteiger partial charge in [0.1, 0.15) is 12.4 Å². The number of ether oxygens (including phenoxy) is 1. The van der Waals surface area contributed by atoms with Gasteiger partial charge in [-0.25, -0.2) is 18.0 Å². The maximum Gasteiger partial charge on any atom is 0.411 e. The number of anilines is 2. The molecule has 0 saturated carbocycles. The summed E-state index contributed by atoms with van der Waals surface area (Å²) < 4.78 is 45.8. The second-order valence-corrected chi connectivity index (χ2v) is 6.20. The molecule has 1 saturated heterocycles. The Bertz CT molecular complexity index is 759. The van der Waals surface area contributed by atoms with Crippen LogP contribution in [0.2, 0.25) is 0 Å². The Kier molecular flexibility index (Phi) is 5.35. The highest BCUT2D eigenvalue weighted by atomic mass is 19.3. The first-order chi connectivity index (χ1) is 12.4. The van der Waals surface area contributed by atoms with Gasteiger partial charge in [-0.15, -0.1) is 0 Å². The molecule has 1 aliphatic heterocycles. The second-order valence-electron chi connectivity index (χ2n) is 6.20. The topological polar surface area (TPSA) is 41.6 Å². The average molecular weight is 364 g/mol. The van der Waals surface area contributed by atoms with Crippen molar-refractivity contribution in [2.45, 2.75) is 25.4 Å². The van der Waals surface area contributed by atoms with Gasteiger partial charge in [-0.05, 0) is 23.8 Å². The standard InChI is InChI=1S/C19H19F3N2O2/c20-16-12-15(23-18(25)26-13-14-4-2-1-3-5-14)6-7-17(16)24-10-8-19(21,22)9-11-24/h1-7,12H,8-11,13H2,(H,23,25). The van der Waals surface area contributed by atoms with E-state index in [-0.39, 0.29) is 43.9 Å². The lowest BCUT2D eigenvalue weighted by molar-refractivity contribution is -0.0221. The summed E-state index contributed by atoms with van der Waals surface area (Å²) in [6, 6.07) is 13.3. The van der Waals surface area contributed by atoms with Crippen LogP contribution in [0.5, 0.6) is 0 Å². The van der Waals surface area contributed by atoms with Gasteiger partial charge in [0.25, 0.3) is 5.92 Å². The van der Waals surface area contributed by atoms with E-state index < -0.39 is 17.8 Å². The number of nitrogens with one attached hydrogen (secondary N) is 1. The Morgan fingerprint density at radius 2 is 1.81 bits per heavy atom. The molecule has 1 fully saturated rings. The van der Waals surface area contributed by atoms with E-state index >= 15 is 0 Å². The molecule has 7 heteroatoms. The minimum Gasteiger partial charge on any atom is -0.444 e. The molecular weight excluding hydrogens is 345 g/mol. The molecule has 2 aromatic carbocycles. The number of benzene rings is 2. The molecule has 0 spiro atoms. The number of alkyl halides is 2. The highest BCUT2D eigenvalue weighted by Crippen LogP contribution is 2.32. The van der Waals surface area contributed by atoms with Crippen LogP contribution in [0.3, 0.4) is 0 Å². The second kappa shape index (κ2) is 7.68. The van der Waals surface area contributed by atoms with Gasteiger partial charge in [0, 0.05) is 31.6 Å². The Balaban J connectivity index is 1.56. The van der Waals surface area contributed by atoms with Crippen molar-refractivity contribution in [3.8, 4) is 0 Å². The van der Waals surface area contributed by atoms with E-state index in [1.54, 1.807) is 4.90 Å². The third-order valence-electron chi connectivity index (χ3n) is 4.24. The first-order valence-electron chi connectivity index (χ1n) is 8.33. The van der Waals surface area contributed by atoms with Gasteiger partial charge in [0.05, 0.1) is 5.69 Å². The molecule has 138 valence electrons. The summed E-state index contributed by atoms with van der Waals surface area (Å²) in [7, 11) is 0. The molecule has 0 aromatic heterocycles. The lowest BCUT2D eigenvalue weighted by Gasteiger charge is -2.33. The summed E-state index contributed by atoms with van der Waals surface area (Å²) in [5.74, 6) is -3.26. The van der Waals surface area contributed by atoms with Crippen molar-refractivity contribution in [2.24, 2.45) is 0 Å². The van der Waals surface area contributed by atoms with Gasteiger partial charge in [0.2, 0.25) is 0 Å². The van der Waals surface area contributed by atoms with Crippen molar-refractivity contribution < 1.29 is 22.7 Å². The smallest absolute Gasteiger partial charge is 0.411 e. The van der Waals surface area contributed by atoms with Crippen LogP contribution in [0.25, 0.3) is 0 Å². The number of amides is 1. The average Bonchev–Trinajstić information content (AvgIpc) is 2.62. The monoisotopic (exact) mass is 364 g/mol. The third kappa shape index (κ3) is 4.68. The lowest BCUT2D eigenvalue weighted by atomic mass is 10.1. The highest BCUT2D eigenvalue weighted by molar-refractivity contribution is 5.85. The quantitative estimate of drug-likeness (QED) is 0.847. The molecule has 3 rings (SSSR count). The van der Waals surface area contributed by atoms with Crippen LogP contribution >= 0.6 is 0 Å². The molecular formula is C19H19F3N2O2. The first-order valence-corrected chi connectivity index (χ1v) is 8.33. The Morgan fingerprint density at radius 3 is 2.46 bits per heavy atom. The Labute approximate surface area is 149 Å². The van der Waals surface area contributed by atoms with E-state index in [1.165, 1.54) is 12.1 Å². The van der Waals surface area contributed by atoms with E-state index in [1.807, 2.05) is 30.3 Å². The molecule has 1 aliphatic rings. The molecule has 4 nitrogen and oxygen atoms in total. The predicted molar refractivity (Wildman–Crippen MR) is 93.0 cm³/mol. The number of halogens is 3. The number of hydrogen-bond donors (Lipinski definition) is 1. The zero-order valence-corrected chi connectivity index (χ0v) is 14.1. The van der Waals surface area contributed by atoms with Crippen LogP contribution < -0.4 is 10.2 Å². The number of hydrogen-bond acceptors (Lipinski definition) is 3. The van der Waals surface area contributed by atoms with Crippen molar-refractivity contribution in [1.29, 1.82) is 0 Å².